The minimum absolute atomic E-state index is 0.268. The maximum atomic E-state index is 11.3. The van der Waals surface area contributed by atoms with Crippen molar-refractivity contribution < 1.29 is 8.42 Å². The van der Waals surface area contributed by atoms with Gasteiger partial charge in [0.05, 0.1) is 5.75 Å². The Balaban J connectivity index is 3.83. The summed E-state index contributed by atoms with van der Waals surface area (Å²) < 4.78 is 22.5. The van der Waals surface area contributed by atoms with Crippen LogP contribution >= 0.6 is 0 Å². The fourth-order valence-electron chi connectivity index (χ4n) is 1.29. The van der Waals surface area contributed by atoms with Gasteiger partial charge < -0.3 is 5.32 Å². The lowest BCUT2D eigenvalue weighted by Crippen LogP contribution is -2.24. The quantitative estimate of drug-likeness (QED) is 0.675. The lowest BCUT2D eigenvalue weighted by atomic mass is 10.0. The Bertz CT molecular complexity index is 224. The molecule has 0 heterocycles. The van der Waals surface area contributed by atoms with E-state index < -0.39 is 9.84 Å². The van der Waals surface area contributed by atoms with Crippen LogP contribution in [0.1, 0.15) is 33.6 Å². The van der Waals surface area contributed by atoms with Crippen LogP contribution in [0.25, 0.3) is 0 Å². The third kappa shape index (κ3) is 6.38. The molecule has 0 bridgehead atoms. The number of sulfone groups is 1. The van der Waals surface area contributed by atoms with E-state index in [1.54, 1.807) is 6.92 Å². The lowest BCUT2D eigenvalue weighted by Gasteiger charge is -2.14. The third-order valence-electron chi connectivity index (χ3n) is 2.54. The topological polar surface area (TPSA) is 46.2 Å². The highest BCUT2D eigenvalue weighted by atomic mass is 32.2. The molecule has 0 saturated heterocycles. The maximum Gasteiger partial charge on any atom is 0.150 e. The number of nitrogens with one attached hydrogen (secondary N) is 1. The number of rotatable bonds is 8. The van der Waals surface area contributed by atoms with Gasteiger partial charge >= 0.3 is 0 Å². The van der Waals surface area contributed by atoms with Crippen molar-refractivity contribution in [3.05, 3.63) is 0 Å². The molecule has 0 aliphatic heterocycles. The molecule has 1 atom stereocenters. The van der Waals surface area contributed by atoms with E-state index in [2.05, 4.69) is 19.2 Å². The van der Waals surface area contributed by atoms with Gasteiger partial charge in [0, 0.05) is 5.75 Å². The molecule has 0 amide bonds. The molecule has 0 aliphatic rings. The molecule has 0 radical (unpaired) electrons. The zero-order chi connectivity index (χ0) is 11.0. The highest BCUT2D eigenvalue weighted by Crippen LogP contribution is 2.09. The van der Waals surface area contributed by atoms with Crippen LogP contribution in [0.3, 0.4) is 0 Å². The van der Waals surface area contributed by atoms with E-state index in [4.69, 9.17) is 0 Å². The summed E-state index contributed by atoms with van der Waals surface area (Å²) in [4.78, 5) is 0. The second-order valence-corrected chi connectivity index (χ2v) is 6.08. The van der Waals surface area contributed by atoms with Gasteiger partial charge in [0.2, 0.25) is 0 Å². The van der Waals surface area contributed by atoms with Gasteiger partial charge in [-0.05, 0) is 25.4 Å². The Morgan fingerprint density at radius 1 is 1.21 bits per heavy atom. The van der Waals surface area contributed by atoms with Gasteiger partial charge in [-0.3, -0.25) is 0 Å². The first-order valence-electron chi connectivity index (χ1n) is 5.46. The summed E-state index contributed by atoms with van der Waals surface area (Å²) >= 11 is 0. The highest BCUT2D eigenvalue weighted by molar-refractivity contribution is 7.91. The van der Waals surface area contributed by atoms with Gasteiger partial charge in [-0.15, -0.1) is 0 Å². The first-order chi connectivity index (χ1) is 6.55. The number of hydrogen-bond acceptors (Lipinski definition) is 3. The summed E-state index contributed by atoms with van der Waals surface area (Å²) in [5.41, 5.74) is 0. The number of hydrogen-bond donors (Lipinski definition) is 1. The van der Waals surface area contributed by atoms with Crippen molar-refractivity contribution in [2.45, 2.75) is 33.6 Å². The predicted octanol–water partition coefficient (Wildman–Crippen LogP) is 1.45. The van der Waals surface area contributed by atoms with Crippen molar-refractivity contribution >= 4 is 9.84 Å². The molecule has 0 fully saturated rings. The molecular weight excluding hydrogens is 198 g/mol. The molecule has 0 aliphatic carbocycles. The van der Waals surface area contributed by atoms with Crippen molar-refractivity contribution in [1.82, 2.24) is 5.32 Å². The summed E-state index contributed by atoms with van der Waals surface area (Å²) in [5, 5.41) is 3.26. The van der Waals surface area contributed by atoms with Crippen LogP contribution in [0.5, 0.6) is 0 Å². The van der Waals surface area contributed by atoms with Gasteiger partial charge in [0.1, 0.15) is 9.84 Å². The Morgan fingerprint density at radius 3 is 2.29 bits per heavy atom. The van der Waals surface area contributed by atoms with Crippen molar-refractivity contribution in [3.8, 4) is 0 Å². The average molecular weight is 221 g/mol. The molecule has 1 unspecified atom stereocenters. The standard InChI is InChI=1S/C10H23NO2S/c1-4-10(9-11-5-2)7-8-14(12,13)6-3/h10-11H,4-9H2,1-3H3. The van der Waals surface area contributed by atoms with Crippen molar-refractivity contribution in [1.29, 1.82) is 0 Å². The molecule has 86 valence electrons. The zero-order valence-corrected chi connectivity index (χ0v) is 10.4. The van der Waals surface area contributed by atoms with Crippen LogP contribution in [0.4, 0.5) is 0 Å². The van der Waals surface area contributed by atoms with E-state index in [-0.39, 0.29) is 5.75 Å². The highest BCUT2D eigenvalue weighted by Gasteiger charge is 2.12. The second-order valence-electron chi connectivity index (χ2n) is 3.61. The molecular formula is C10H23NO2S. The molecule has 0 saturated carbocycles. The maximum absolute atomic E-state index is 11.3. The SMILES string of the molecule is CCNCC(CC)CCS(=O)(=O)CC. The molecule has 0 aromatic rings. The summed E-state index contributed by atoms with van der Waals surface area (Å²) in [7, 11) is -2.78. The minimum atomic E-state index is -2.78. The zero-order valence-electron chi connectivity index (χ0n) is 9.54. The van der Waals surface area contributed by atoms with E-state index in [1.165, 1.54) is 0 Å². The van der Waals surface area contributed by atoms with Crippen LogP contribution in [-0.2, 0) is 9.84 Å². The van der Waals surface area contributed by atoms with Crippen LogP contribution in [0, 0.1) is 5.92 Å². The van der Waals surface area contributed by atoms with Gasteiger partial charge in [-0.2, -0.15) is 0 Å². The third-order valence-corrected chi connectivity index (χ3v) is 4.27. The average Bonchev–Trinajstić information content (AvgIpc) is 2.18. The largest absolute Gasteiger partial charge is 0.317 e. The fourth-order valence-corrected chi connectivity index (χ4v) is 2.27. The van der Waals surface area contributed by atoms with E-state index in [1.807, 2.05) is 0 Å². The molecule has 14 heavy (non-hydrogen) atoms. The van der Waals surface area contributed by atoms with Crippen LogP contribution in [0.15, 0.2) is 0 Å². The molecule has 0 aromatic carbocycles. The minimum Gasteiger partial charge on any atom is -0.317 e. The Kier molecular flexibility index (Phi) is 7.19. The van der Waals surface area contributed by atoms with Gasteiger partial charge in [0.25, 0.3) is 0 Å². The van der Waals surface area contributed by atoms with E-state index in [0.717, 1.165) is 25.9 Å². The Hall–Kier alpha value is -0.0900. The molecule has 1 N–H and O–H groups in total. The van der Waals surface area contributed by atoms with Crippen molar-refractivity contribution in [2.24, 2.45) is 5.92 Å². The van der Waals surface area contributed by atoms with Crippen LogP contribution in [-0.4, -0.2) is 33.0 Å². The summed E-state index contributed by atoms with van der Waals surface area (Å²) in [6, 6.07) is 0. The Morgan fingerprint density at radius 2 is 1.86 bits per heavy atom. The van der Waals surface area contributed by atoms with Gasteiger partial charge in [0.15, 0.2) is 0 Å². The van der Waals surface area contributed by atoms with Crippen molar-refractivity contribution in [2.75, 3.05) is 24.6 Å². The second kappa shape index (κ2) is 7.23. The van der Waals surface area contributed by atoms with Gasteiger partial charge in [-0.25, -0.2) is 8.42 Å². The Labute approximate surface area is 88.2 Å². The molecule has 0 rings (SSSR count). The monoisotopic (exact) mass is 221 g/mol. The smallest absolute Gasteiger partial charge is 0.150 e. The van der Waals surface area contributed by atoms with Crippen LogP contribution < -0.4 is 5.32 Å². The lowest BCUT2D eigenvalue weighted by molar-refractivity contribution is 0.455. The molecule has 0 aromatic heterocycles. The van der Waals surface area contributed by atoms with E-state index in [0.29, 0.717) is 11.7 Å². The normalized spacial score (nSPS) is 14.2. The fraction of sp³-hybridized carbons (Fsp3) is 1.00. The first-order valence-corrected chi connectivity index (χ1v) is 7.29. The summed E-state index contributed by atoms with van der Waals surface area (Å²) in [6.07, 6.45) is 1.84. The molecule has 4 heteroatoms. The molecule has 0 spiro atoms. The van der Waals surface area contributed by atoms with E-state index >= 15 is 0 Å². The van der Waals surface area contributed by atoms with Crippen LogP contribution in [0.2, 0.25) is 0 Å². The van der Waals surface area contributed by atoms with Crippen molar-refractivity contribution in [3.63, 3.8) is 0 Å². The predicted molar refractivity (Wildman–Crippen MR) is 61.3 cm³/mol. The molecule has 3 nitrogen and oxygen atoms in total. The summed E-state index contributed by atoms with van der Waals surface area (Å²) in [5.74, 6) is 1.11. The first kappa shape index (κ1) is 13.9. The van der Waals surface area contributed by atoms with Gasteiger partial charge in [-0.1, -0.05) is 27.2 Å². The van der Waals surface area contributed by atoms with E-state index in [9.17, 15) is 8.42 Å². The summed E-state index contributed by atoms with van der Waals surface area (Å²) in [6.45, 7) is 7.78.